The Hall–Kier alpha value is -2.24. The average Bonchev–Trinajstić information content (AvgIpc) is 2.45. The van der Waals surface area contributed by atoms with Crippen LogP contribution in [-0.2, 0) is 15.9 Å². The van der Waals surface area contributed by atoms with E-state index in [1.807, 2.05) is 0 Å². The summed E-state index contributed by atoms with van der Waals surface area (Å²) in [4.78, 5) is 23.4. The number of fused-ring (bicyclic) bond motifs is 1. The predicted molar refractivity (Wildman–Crippen MR) is 69.5 cm³/mol. The fourth-order valence-electron chi connectivity index (χ4n) is 2.35. The van der Waals surface area contributed by atoms with Gasteiger partial charge in [-0.25, -0.2) is 4.79 Å². The largest absolute Gasteiger partial charge is 0.508 e. The van der Waals surface area contributed by atoms with Crippen LogP contribution in [0.3, 0.4) is 0 Å². The molecule has 1 aromatic carbocycles. The van der Waals surface area contributed by atoms with Gasteiger partial charge in [-0.3, -0.25) is 4.79 Å². The highest BCUT2D eigenvalue weighted by Crippen LogP contribution is 2.36. The zero-order valence-corrected chi connectivity index (χ0v) is 11.6. The molecule has 1 aliphatic carbocycles. The van der Waals surface area contributed by atoms with Crippen LogP contribution in [0.1, 0.15) is 22.3 Å². The van der Waals surface area contributed by atoms with E-state index in [1.165, 1.54) is 21.3 Å². The highest BCUT2D eigenvalue weighted by molar-refractivity contribution is 6.02. The summed E-state index contributed by atoms with van der Waals surface area (Å²) in [5.74, 6) is 0.936. The van der Waals surface area contributed by atoms with Crippen molar-refractivity contribution in [1.82, 2.24) is 0 Å². The van der Waals surface area contributed by atoms with Crippen LogP contribution in [0.2, 0.25) is 0 Å². The minimum absolute atomic E-state index is 0.103. The Kier molecular flexibility index (Phi) is 4.12. The highest BCUT2D eigenvalue weighted by atomic mass is 16.7. The second-order valence-corrected chi connectivity index (χ2v) is 4.35. The molecule has 1 aromatic rings. The summed E-state index contributed by atoms with van der Waals surface area (Å²) in [5.41, 5.74) is 1.19. The lowest BCUT2D eigenvalue weighted by atomic mass is 9.87. The summed E-state index contributed by atoms with van der Waals surface area (Å²) in [6.07, 6.45) is -0.862. The number of carbonyl (C=O) groups excluding carboxylic acids is 2. The molecule has 0 fully saturated rings. The van der Waals surface area contributed by atoms with Gasteiger partial charge in [-0.2, -0.15) is 0 Å². The molecule has 0 bridgehead atoms. The fourth-order valence-corrected chi connectivity index (χ4v) is 2.35. The van der Waals surface area contributed by atoms with E-state index < -0.39 is 12.3 Å². The lowest BCUT2D eigenvalue weighted by Gasteiger charge is -2.25. The molecular weight excluding hydrogens is 264 g/mol. The van der Waals surface area contributed by atoms with Gasteiger partial charge in [0.2, 0.25) is 0 Å². The first-order chi connectivity index (χ1) is 9.60. The van der Waals surface area contributed by atoms with Crippen LogP contribution in [0, 0.1) is 0 Å². The monoisotopic (exact) mass is 280 g/mol. The number of benzene rings is 1. The number of hydrogen-bond acceptors (Lipinski definition) is 6. The molecule has 0 aliphatic heterocycles. The third-order valence-electron chi connectivity index (χ3n) is 3.22. The number of hydrogen-bond donors (Lipinski definition) is 0. The topological polar surface area (TPSA) is 71.1 Å². The van der Waals surface area contributed by atoms with Crippen LogP contribution in [0.15, 0.2) is 12.1 Å². The van der Waals surface area contributed by atoms with E-state index in [2.05, 4.69) is 4.74 Å². The van der Waals surface area contributed by atoms with Gasteiger partial charge in [-0.15, -0.1) is 0 Å². The van der Waals surface area contributed by atoms with Crippen molar-refractivity contribution in [2.75, 3.05) is 21.3 Å². The van der Waals surface area contributed by atoms with E-state index in [4.69, 9.17) is 14.2 Å². The van der Waals surface area contributed by atoms with E-state index >= 15 is 0 Å². The maximum Gasteiger partial charge on any atom is 0.508 e. The van der Waals surface area contributed by atoms with Gasteiger partial charge in [0.15, 0.2) is 5.78 Å². The van der Waals surface area contributed by atoms with E-state index in [0.29, 0.717) is 29.0 Å². The normalized spacial score (nSPS) is 17.1. The number of rotatable bonds is 3. The lowest BCUT2D eigenvalue weighted by molar-refractivity contribution is 0.0315. The van der Waals surface area contributed by atoms with Gasteiger partial charge in [0.05, 0.1) is 26.9 Å². The molecule has 0 aromatic heterocycles. The molecule has 1 unspecified atom stereocenters. The zero-order chi connectivity index (χ0) is 14.7. The number of ether oxygens (including phenoxy) is 4. The van der Waals surface area contributed by atoms with Crippen molar-refractivity contribution in [2.24, 2.45) is 0 Å². The quantitative estimate of drug-likeness (QED) is 0.788. The molecule has 0 spiro atoms. The molecule has 0 saturated carbocycles. The summed E-state index contributed by atoms with van der Waals surface area (Å²) in [5, 5.41) is 0. The summed E-state index contributed by atoms with van der Waals surface area (Å²) >= 11 is 0. The standard InChI is InChI=1S/C14H16O6/c1-17-11-4-5-12(18-2)13-9(11)6-8(7-10(13)15)20-14(16)19-3/h4-5,8H,6-7H2,1-3H3. The zero-order valence-electron chi connectivity index (χ0n) is 11.6. The van der Waals surface area contributed by atoms with Gasteiger partial charge in [0, 0.05) is 18.4 Å². The molecule has 0 heterocycles. The summed E-state index contributed by atoms with van der Waals surface area (Å²) in [6, 6.07) is 3.42. The fraction of sp³-hybridized carbons (Fsp3) is 0.429. The van der Waals surface area contributed by atoms with Crippen molar-refractivity contribution in [2.45, 2.75) is 18.9 Å². The predicted octanol–water partition coefficient (Wildman–Crippen LogP) is 1.98. The minimum atomic E-state index is -0.798. The van der Waals surface area contributed by atoms with Crippen LogP contribution in [0.25, 0.3) is 0 Å². The maximum absolute atomic E-state index is 12.2. The Labute approximate surface area is 116 Å². The highest BCUT2D eigenvalue weighted by Gasteiger charge is 2.32. The lowest BCUT2D eigenvalue weighted by Crippen LogP contribution is -2.29. The van der Waals surface area contributed by atoms with Crippen LogP contribution in [0.5, 0.6) is 11.5 Å². The van der Waals surface area contributed by atoms with Gasteiger partial charge in [-0.05, 0) is 12.1 Å². The smallest absolute Gasteiger partial charge is 0.496 e. The van der Waals surface area contributed by atoms with E-state index in [0.717, 1.165) is 0 Å². The minimum Gasteiger partial charge on any atom is -0.496 e. The van der Waals surface area contributed by atoms with Gasteiger partial charge in [0.1, 0.15) is 17.6 Å². The number of methoxy groups -OCH3 is 3. The molecule has 2 rings (SSSR count). The first-order valence-corrected chi connectivity index (χ1v) is 6.12. The van der Waals surface area contributed by atoms with Gasteiger partial charge >= 0.3 is 6.16 Å². The first kappa shape index (κ1) is 14.2. The number of carbonyl (C=O) groups is 2. The Morgan fingerprint density at radius 2 is 1.75 bits per heavy atom. The van der Waals surface area contributed by atoms with Crippen molar-refractivity contribution in [3.8, 4) is 11.5 Å². The Morgan fingerprint density at radius 1 is 1.10 bits per heavy atom. The Bertz CT molecular complexity index is 537. The molecule has 0 saturated heterocycles. The summed E-state index contributed by atoms with van der Waals surface area (Å²) in [6.45, 7) is 0. The molecular formula is C14H16O6. The molecule has 108 valence electrons. The molecule has 0 radical (unpaired) electrons. The van der Waals surface area contributed by atoms with Crippen molar-refractivity contribution in [1.29, 1.82) is 0 Å². The van der Waals surface area contributed by atoms with E-state index in [9.17, 15) is 9.59 Å². The number of Topliss-reactive ketones (excluding diaryl/α,β-unsaturated/α-hetero) is 1. The van der Waals surface area contributed by atoms with Crippen molar-refractivity contribution >= 4 is 11.9 Å². The SMILES string of the molecule is COC(=O)OC1CC(=O)c2c(OC)ccc(OC)c2C1. The van der Waals surface area contributed by atoms with E-state index in [1.54, 1.807) is 12.1 Å². The van der Waals surface area contributed by atoms with Gasteiger partial charge in [0.25, 0.3) is 0 Å². The number of ketones is 1. The van der Waals surface area contributed by atoms with E-state index in [-0.39, 0.29) is 12.2 Å². The molecule has 1 atom stereocenters. The summed E-state index contributed by atoms with van der Waals surface area (Å²) in [7, 11) is 4.26. The molecule has 0 N–H and O–H groups in total. The van der Waals surface area contributed by atoms with Crippen molar-refractivity contribution in [3.63, 3.8) is 0 Å². The van der Waals surface area contributed by atoms with Crippen LogP contribution in [0.4, 0.5) is 4.79 Å². The second kappa shape index (κ2) is 5.81. The van der Waals surface area contributed by atoms with Crippen LogP contribution < -0.4 is 9.47 Å². The molecule has 0 amide bonds. The molecule has 20 heavy (non-hydrogen) atoms. The first-order valence-electron chi connectivity index (χ1n) is 6.12. The van der Waals surface area contributed by atoms with Crippen LogP contribution >= 0.6 is 0 Å². The summed E-state index contributed by atoms with van der Waals surface area (Å²) < 4.78 is 20.0. The Balaban J connectivity index is 2.37. The van der Waals surface area contributed by atoms with Gasteiger partial charge < -0.3 is 18.9 Å². The third-order valence-corrected chi connectivity index (χ3v) is 3.22. The van der Waals surface area contributed by atoms with Gasteiger partial charge in [-0.1, -0.05) is 0 Å². The Morgan fingerprint density at radius 3 is 2.35 bits per heavy atom. The molecule has 6 heteroatoms. The second-order valence-electron chi connectivity index (χ2n) is 4.35. The van der Waals surface area contributed by atoms with Crippen LogP contribution in [-0.4, -0.2) is 39.4 Å². The molecule has 6 nitrogen and oxygen atoms in total. The maximum atomic E-state index is 12.2. The third kappa shape index (κ3) is 2.54. The van der Waals surface area contributed by atoms with Crippen molar-refractivity contribution in [3.05, 3.63) is 23.3 Å². The molecule has 1 aliphatic rings. The average molecular weight is 280 g/mol. The van der Waals surface area contributed by atoms with Crippen molar-refractivity contribution < 1.29 is 28.5 Å².